The molecule has 0 bridgehead atoms. The smallest absolute Gasteiger partial charge is 0.00201 e. The molecule has 0 aliphatic rings. The van der Waals surface area contributed by atoms with Gasteiger partial charge in [0.1, 0.15) is 0 Å². The Morgan fingerprint density at radius 3 is 1.23 bits per heavy atom. The number of rotatable bonds is 5. The van der Waals surface area contributed by atoms with Crippen molar-refractivity contribution >= 4 is 66.0 Å². The Bertz CT molecular complexity index is 2940. The van der Waals surface area contributed by atoms with Crippen LogP contribution in [0.2, 0.25) is 0 Å². The van der Waals surface area contributed by atoms with Gasteiger partial charge in [0.05, 0.1) is 0 Å². The van der Waals surface area contributed by atoms with Gasteiger partial charge in [-0.25, -0.2) is 0 Å². The molecule has 0 unspecified atom stereocenters. The van der Waals surface area contributed by atoms with E-state index in [-0.39, 0.29) is 0 Å². The van der Waals surface area contributed by atoms with Gasteiger partial charge in [-0.2, -0.15) is 0 Å². The lowest BCUT2D eigenvalue weighted by atomic mass is 9.84. The van der Waals surface area contributed by atoms with E-state index in [0.29, 0.717) is 0 Å². The highest BCUT2D eigenvalue weighted by Crippen LogP contribution is 2.45. The average molecular weight is 659 g/mol. The maximum Gasteiger partial charge on any atom is -0.00201 e. The maximum atomic E-state index is 2.33. The molecule has 10 aromatic rings. The highest BCUT2D eigenvalue weighted by atomic mass is 14.2. The van der Waals surface area contributed by atoms with Crippen molar-refractivity contribution in [2.75, 3.05) is 0 Å². The van der Waals surface area contributed by atoms with Crippen molar-refractivity contribution < 1.29 is 0 Å². The van der Waals surface area contributed by atoms with Crippen LogP contribution in [0.25, 0.3) is 99.4 Å². The lowest BCUT2D eigenvalue weighted by molar-refractivity contribution is 1.66. The summed E-state index contributed by atoms with van der Waals surface area (Å²) in [6, 6.07) is 70.8. The predicted octanol–water partition coefficient (Wildman–Crippen LogP) is 14.6. The molecule has 0 heterocycles. The van der Waals surface area contributed by atoms with E-state index in [1.54, 1.807) is 0 Å². The van der Waals surface area contributed by atoms with Crippen LogP contribution < -0.4 is 0 Å². The molecule has 0 atom stereocenters. The largest absolute Gasteiger partial charge is 0.0622 e. The first-order valence-corrected chi connectivity index (χ1v) is 18.0. The van der Waals surface area contributed by atoms with Gasteiger partial charge in [0.2, 0.25) is 0 Å². The molecule has 0 N–H and O–H groups in total. The van der Waals surface area contributed by atoms with Crippen molar-refractivity contribution in [1.29, 1.82) is 0 Å². The summed E-state index contributed by atoms with van der Waals surface area (Å²) < 4.78 is 0. The minimum atomic E-state index is 1.20. The summed E-state index contributed by atoms with van der Waals surface area (Å²) in [5.74, 6) is 0. The molecule has 242 valence electrons. The van der Waals surface area contributed by atoms with Gasteiger partial charge in [0, 0.05) is 0 Å². The highest BCUT2D eigenvalue weighted by Gasteiger charge is 2.18. The number of benzene rings is 10. The van der Waals surface area contributed by atoms with Gasteiger partial charge in [-0.15, -0.1) is 0 Å². The average Bonchev–Trinajstić information content (AvgIpc) is 3.22. The molecule has 52 heavy (non-hydrogen) atoms. The molecule has 0 aliphatic carbocycles. The van der Waals surface area contributed by atoms with E-state index in [2.05, 4.69) is 206 Å². The van der Waals surface area contributed by atoms with Crippen molar-refractivity contribution in [3.05, 3.63) is 205 Å². The van der Waals surface area contributed by atoms with E-state index in [0.717, 1.165) is 0 Å². The molecule has 0 spiro atoms. The number of hydrogen-bond acceptors (Lipinski definition) is 0. The standard InChI is InChI=1S/C52H34/c1-2-16-38(17-3-1)51-46-24-10-12-26-48(46)52(49-27-13-11-25-47(49)51)50-34-32-37(41-21-7-9-23-44(41)50)30-29-36-31-33-45(42-22-8-6-20-40(36)42)43-28-14-18-35-15-4-5-19-39(35)43/h1-34H/b30-29+. The predicted molar refractivity (Wildman–Crippen MR) is 226 cm³/mol. The Kier molecular flexibility index (Phi) is 7.25. The van der Waals surface area contributed by atoms with Crippen LogP contribution in [-0.2, 0) is 0 Å². The van der Waals surface area contributed by atoms with Gasteiger partial charge < -0.3 is 0 Å². The van der Waals surface area contributed by atoms with Crippen LogP contribution in [0.3, 0.4) is 0 Å². The topological polar surface area (TPSA) is 0 Å². The Morgan fingerprint density at radius 1 is 0.231 bits per heavy atom. The Balaban J connectivity index is 1.13. The summed E-state index contributed by atoms with van der Waals surface area (Å²) >= 11 is 0. The normalized spacial score (nSPS) is 11.8. The van der Waals surface area contributed by atoms with Gasteiger partial charge in [-0.3, -0.25) is 0 Å². The van der Waals surface area contributed by atoms with Gasteiger partial charge in [-0.1, -0.05) is 206 Å². The Morgan fingerprint density at radius 2 is 0.635 bits per heavy atom. The van der Waals surface area contributed by atoms with Gasteiger partial charge in [0.25, 0.3) is 0 Å². The lowest BCUT2D eigenvalue weighted by Crippen LogP contribution is -1.92. The second-order valence-corrected chi connectivity index (χ2v) is 13.6. The molecule has 0 aliphatic heterocycles. The summed E-state index contributed by atoms with van der Waals surface area (Å²) in [5.41, 5.74) is 10.0. The van der Waals surface area contributed by atoms with Crippen molar-refractivity contribution in [2.45, 2.75) is 0 Å². The minimum Gasteiger partial charge on any atom is -0.0622 e. The first kappa shape index (κ1) is 30.1. The molecule has 0 amide bonds. The van der Waals surface area contributed by atoms with Gasteiger partial charge in [-0.05, 0) is 98.4 Å². The third kappa shape index (κ3) is 4.92. The summed E-state index contributed by atoms with van der Waals surface area (Å²) in [6.45, 7) is 0. The molecular weight excluding hydrogens is 625 g/mol. The van der Waals surface area contributed by atoms with Crippen LogP contribution in [0, 0.1) is 0 Å². The first-order valence-electron chi connectivity index (χ1n) is 18.0. The fourth-order valence-corrected chi connectivity index (χ4v) is 8.36. The summed E-state index contributed by atoms with van der Waals surface area (Å²) in [7, 11) is 0. The summed E-state index contributed by atoms with van der Waals surface area (Å²) in [5, 5.41) is 12.6. The van der Waals surface area contributed by atoms with E-state index >= 15 is 0 Å². The molecule has 0 saturated carbocycles. The van der Waals surface area contributed by atoms with Crippen molar-refractivity contribution in [3.8, 4) is 33.4 Å². The van der Waals surface area contributed by atoms with Crippen molar-refractivity contribution in [2.24, 2.45) is 0 Å². The summed E-state index contributed by atoms with van der Waals surface area (Å²) in [6.07, 6.45) is 4.58. The third-order valence-corrected chi connectivity index (χ3v) is 10.7. The molecule has 0 nitrogen and oxygen atoms in total. The molecule has 0 heteroatoms. The molecular formula is C52H34. The van der Waals surface area contributed by atoms with E-state index < -0.39 is 0 Å². The van der Waals surface area contributed by atoms with Crippen LogP contribution in [0.4, 0.5) is 0 Å². The zero-order chi connectivity index (χ0) is 34.4. The third-order valence-electron chi connectivity index (χ3n) is 10.7. The van der Waals surface area contributed by atoms with Crippen LogP contribution in [0.5, 0.6) is 0 Å². The Labute approximate surface area is 303 Å². The first-order chi connectivity index (χ1) is 25.8. The molecule has 10 aromatic carbocycles. The number of fused-ring (bicyclic) bond motifs is 5. The van der Waals surface area contributed by atoms with Crippen LogP contribution in [0.1, 0.15) is 11.1 Å². The lowest BCUT2D eigenvalue weighted by Gasteiger charge is -2.19. The van der Waals surface area contributed by atoms with E-state index in [1.165, 1.54) is 98.4 Å². The molecule has 10 rings (SSSR count). The van der Waals surface area contributed by atoms with Crippen LogP contribution >= 0.6 is 0 Å². The zero-order valence-corrected chi connectivity index (χ0v) is 28.6. The molecule has 0 fully saturated rings. The fourth-order valence-electron chi connectivity index (χ4n) is 8.36. The SMILES string of the molecule is C(=C\c1ccc(-c2c3ccccc3c(-c3ccccc3)c3ccccc23)c2ccccc12)/c1ccc(-c2cccc3ccccc23)c2ccccc12. The quantitative estimate of drug-likeness (QED) is 0.128. The van der Waals surface area contributed by atoms with E-state index in [1.807, 2.05) is 0 Å². The second-order valence-electron chi connectivity index (χ2n) is 13.6. The molecule has 0 saturated heterocycles. The van der Waals surface area contributed by atoms with E-state index in [9.17, 15) is 0 Å². The van der Waals surface area contributed by atoms with Gasteiger partial charge >= 0.3 is 0 Å². The van der Waals surface area contributed by atoms with Crippen LogP contribution in [-0.4, -0.2) is 0 Å². The maximum absolute atomic E-state index is 2.33. The summed E-state index contributed by atoms with van der Waals surface area (Å²) in [4.78, 5) is 0. The van der Waals surface area contributed by atoms with Gasteiger partial charge in [0.15, 0.2) is 0 Å². The highest BCUT2D eigenvalue weighted by molar-refractivity contribution is 6.24. The minimum absolute atomic E-state index is 1.20. The Hall–Kier alpha value is -6.76. The van der Waals surface area contributed by atoms with Crippen molar-refractivity contribution in [1.82, 2.24) is 0 Å². The molecule has 0 aromatic heterocycles. The zero-order valence-electron chi connectivity index (χ0n) is 28.6. The van der Waals surface area contributed by atoms with Crippen LogP contribution in [0.15, 0.2) is 194 Å². The second kappa shape index (κ2) is 12.5. The monoisotopic (exact) mass is 658 g/mol. The number of hydrogen-bond donors (Lipinski definition) is 0. The van der Waals surface area contributed by atoms with Crippen molar-refractivity contribution in [3.63, 3.8) is 0 Å². The van der Waals surface area contributed by atoms with E-state index in [4.69, 9.17) is 0 Å². The molecule has 0 radical (unpaired) electrons. The fraction of sp³-hybridized carbons (Fsp3) is 0.